The van der Waals surface area contributed by atoms with Gasteiger partial charge in [0.2, 0.25) is 0 Å². The molecule has 1 unspecified atom stereocenters. The number of fused-ring (bicyclic) bond motifs is 1. The van der Waals surface area contributed by atoms with Crippen LogP contribution in [-0.4, -0.2) is 17.1 Å². The number of carbonyl (C=O) groups is 1. The molecule has 0 bridgehead atoms. The van der Waals surface area contributed by atoms with Gasteiger partial charge in [-0.25, -0.2) is 0 Å². The fraction of sp³-hybridized carbons (Fsp3) is 0.188. The van der Waals surface area contributed by atoms with Crippen LogP contribution in [-0.2, 0) is 11.2 Å². The van der Waals surface area contributed by atoms with Crippen LogP contribution in [0.2, 0.25) is 0 Å². The van der Waals surface area contributed by atoms with Gasteiger partial charge < -0.3 is 15.2 Å². The van der Waals surface area contributed by atoms with Crippen molar-refractivity contribution in [3.63, 3.8) is 0 Å². The zero-order chi connectivity index (χ0) is 14.1. The van der Waals surface area contributed by atoms with Crippen LogP contribution in [0.5, 0.6) is 11.5 Å². The Balaban J connectivity index is 1.82. The first kappa shape index (κ1) is 12.5. The van der Waals surface area contributed by atoms with Gasteiger partial charge in [-0.1, -0.05) is 29.8 Å². The monoisotopic (exact) mass is 269 g/mol. The molecular formula is C16H15NO3. The summed E-state index contributed by atoms with van der Waals surface area (Å²) in [7, 11) is 0. The predicted octanol–water partition coefficient (Wildman–Crippen LogP) is 2.64. The van der Waals surface area contributed by atoms with Gasteiger partial charge in [-0.05, 0) is 24.6 Å². The van der Waals surface area contributed by atoms with E-state index in [0.717, 1.165) is 11.1 Å². The van der Waals surface area contributed by atoms with Crippen molar-refractivity contribution in [2.45, 2.75) is 19.4 Å². The predicted molar refractivity (Wildman–Crippen MR) is 76.0 cm³/mol. The Morgan fingerprint density at radius 2 is 2.10 bits per heavy atom. The van der Waals surface area contributed by atoms with E-state index in [1.165, 1.54) is 6.07 Å². The van der Waals surface area contributed by atoms with E-state index in [9.17, 15) is 9.90 Å². The molecule has 2 N–H and O–H groups in total. The highest BCUT2D eigenvalue weighted by Gasteiger charge is 2.27. The molecule has 20 heavy (non-hydrogen) atoms. The summed E-state index contributed by atoms with van der Waals surface area (Å²) in [5, 5.41) is 12.2. The third-order valence-corrected chi connectivity index (χ3v) is 3.29. The van der Waals surface area contributed by atoms with Crippen LogP contribution in [0, 0.1) is 6.92 Å². The van der Waals surface area contributed by atoms with Crippen LogP contribution in [0.15, 0.2) is 42.5 Å². The van der Waals surface area contributed by atoms with Gasteiger partial charge in [-0.3, -0.25) is 4.79 Å². The molecule has 3 rings (SSSR count). The fourth-order valence-electron chi connectivity index (χ4n) is 2.33. The Labute approximate surface area is 117 Å². The van der Waals surface area contributed by atoms with E-state index in [-0.39, 0.29) is 11.7 Å². The lowest BCUT2D eigenvalue weighted by molar-refractivity contribution is -0.123. The summed E-state index contributed by atoms with van der Waals surface area (Å²) in [6.45, 7) is 2.02. The van der Waals surface area contributed by atoms with Crippen LogP contribution < -0.4 is 10.1 Å². The summed E-state index contributed by atoms with van der Waals surface area (Å²) in [5.74, 6) is 0.495. The van der Waals surface area contributed by atoms with Crippen molar-refractivity contribution < 1.29 is 14.6 Å². The Morgan fingerprint density at radius 3 is 2.90 bits per heavy atom. The number of hydrogen-bond donors (Lipinski definition) is 2. The largest absolute Gasteiger partial charge is 0.508 e. The van der Waals surface area contributed by atoms with Gasteiger partial charge in [-0.2, -0.15) is 0 Å². The summed E-state index contributed by atoms with van der Waals surface area (Å²) < 4.78 is 5.72. The van der Waals surface area contributed by atoms with Crippen molar-refractivity contribution in [1.29, 1.82) is 0 Å². The summed E-state index contributed by atoms with van der Waals surface area (Å²) >= 11 is 0. The highest BCUT2D eigenvalue weighted by Crippen LogP contribution is 2.33. The van der Waals surface area contributed by atoms with Gasteiger partial charge in [0, 0.05) is 12.5 Å². The third-order valence-electron chi connectivity index (χ3n) is 3.29. The second kappa shape index (κ2) is 4.89. The Morgan fingerprint density at radius 1 is 1.25 bits per heavy atom. The fourth-order valence-corrected chi connectivity index (χ4v) is 2.33. The minimum absolute atomic E-state index is 0.102. The molecule has 1 heterocycles. The van der Waals surface area contributed by atoms with E-state index in [1.54, 1.807) is 12.1 Å². The molecular weight excluding hydrogens is 254 g/mol. The number of anilines is 1. The summed E-state index contributed by atoms with van der Waals surface area (Å²) in [6.07, 6.45) is -0.0257. The number of ether oxygens (including phenoxy) is 1. The average Bonchev–Trinajstić information content (AvgIpc) is 2.40. The molecule has 1 aliphatic rings. The van der Waals surface area contributed by atoms with Crippen LogP contribution in [0.4, 0.5) is 5.69 Å². The number of phenolic OH excluding ortho intramolecular Hbond substituents is 1. The molecule has 2 aromatic carbocycles. The highest BCUT2D eigenvalue weighted by atomic mass is 16.5. The molecule has 0 fully saturated rings. The maximum Gasteiger partial charge on any atom is 0.265 e. The van der Waals surface area contributed by atoms with Gasteiger partial charge >= 0.3 is 0 Å². The molecule has 1 atom stereocenters. The van der Waals surface area contributed by atoms with Crippen LogP contribution in [0.25, 0.3) is 0 Å². The second-order valence-corrected chi connectivity index (χ2v) is 4.97. The lowest BCUT2D eigenvalue weighted by Gasteiger charge is -2.26. The van der Waals surface area contributed by atoms with Crippen molar-refractivity contribution >= 4 is 11.6 Å². The third kappa shape index (κ3) is 2.45. The summed E-state index contributed by atoms with van der Waals surface area (Å²) in [5.41, 5.74) is 2.73. The number of phenols is 1. The van der Waals surface area contributed by atoms with E-state index >= 15 is 0 Å². The molecule has 0 saturated heterocycles. The van der Waals surface area contributed by atoms with Crippen molar-refractivity contribution in [3.05, 3.63) is 53.6 Å². The number of nitrogens with one attached hydrogen (secondary N) is 1. The SMILES string of the molecule is Cc1cccc(CC2Oc3ccc(O)cc3NC2=O)c1. The zero-order valence-corrected chi connectivity index (χ0v) is 11.1. The van der Waals surface area contributed by atoms with Crippen molar-refractivity contribution in [1.82, 2.24) is 0 Å². The Bertz CT molecular complexity index is 667. The molecule has 0 spiro atoms. The van der Waals surface area contributed by atoms with E-state index in [4.69, 9.17) is 4.74 Å². The molecule has 0 saturated carbocycles. The van der Waals surface area contributed by atoms with E-state index in [1.807, 2.05) is 31.2 Å². The average molecular weight is 269 g/mol. The van der Waals surface area contributed by atoms with Gasteiger partial charge in [0.05, 0.1) is 5.69 Å². The Kier molecular flexibility index (Phi) is 3.06. The maximum atomic E-state index is 12.0. The lowest BCUT2D eigenvalue weighted by atomic mass is 10.0. The molecule has 0 aliphatic carbocycles. The number of benzene rings is 2. The molecule has 4 heteroatoms. The van der Waals surface area contributed by atoms with Crippen molar-refractivity contribution in [3.8, 4) is 11.5 Å². The number of hydrogen-bond acceptors (Lipinski definition) is 3. The van der Waals surface area contributed by atoms with E-state index in [0.29, 0.717) is 17.9 Å². The van der Waals surface area contributed by atoms with Gasteiger partial charge in [0.25, 0.3) is 5.91 Å². The molecule has 4 nitrogen and oxygen atoms in total. The van der Waals surface area contributed by atoms with Gasteiger partial charge in [0.1, 0.15) is 11.5 Å². The lowest BCUT2D eigenvalue weighted by Crippen LogP contribution is -2.38. The summed E-state index contributed by atoms with van der Waals surface area (Å²) in [6, 6.07) is 12.7. The highest BCUT2D eigenvalue weighted by molar-refractivity contribution is 5.98. The number of rotatable bonds is 2. The summed E-state index contributed by atoms with van der Waals surface area (Å²) in [4.78, 5) is 12.0. The van der Waals surface area contributed by atoms with Gasteiger partial charge in [-0.15, -0.1) is 0 Å². The number of aryl methyl sites for hydroxylation is 1. The Hall–Kier alpha value is -2.49. The first-order valence-electron chi connectivity index (χ1n) is 6.48. The van der Waals surface area contributed by atoms with Crippen LogP contribution in [0.1, 0.15) is 11.1 Å². The van der Waals surface area contributed by atoms with Gasteiger partial charge in [0.15, 0.2) is 6.10 Å². The van der Waals surface area contributed by atoms with E-state index in [2.05, 4.69) is 5.32 Å². The molecule has 102 valence electrons. The molecule has 0 aromatic heterocycles. The second-order valence-electron chi connectivity index (χ2n) is 4.97. The first-order valence-corrected chi connectivity index (χ1v) is 6.48. The van der Waals surface area contributed by atoms with Crippen LogP contribution in [0.3, 0.4) is 0 Å². The molecule has 0 radical (unpaired) electrons. The quantitative estimate of drug-likeness (QED) is 0.881. The number of amides is 1. The zero-order valence-electron chi connectivity index (χ0n) is 11.1. The minimum Gasteiger partial charge on any atom is -0.508 e. The topological polar surface area (TPSA) is 58.6 Å². The van der Waals surface area contributed by atoms with E-state index < -0.39 is 6.10 Å². The maximum absolute atomic E-state index is 12.0. The van der Waals surface area contributed by atoms with Crippen LogP contribution >= 0.6 is 0 Å². The molecule has 1 amide bonds. The molecule has 2 aromatic rings. The van der Waals surface area contributed by atoms with Crippen molar-refractivity contribution in [2.75, 3.05) is 5.32 Å². The normalized spacial score (nSPS) is 17.1. The number of carbonyl (C=O) groups excluding carboxylic acids is 1. The standard InChI is InChI=1S/C16H15NO3/c1-10-3-2-4-11(7-10)8-15-16(19)17-13-9-12(18)5-6-14(13)20-15/h2-7,9,15,18H,8H2,1H3,(H,17,19). The van der Waals surface area contributed by atoms with Crippen molar-refractivity contribution in [2.24, 2.45) is 0 Å². The smallest absolute Gasteiger partial charge is 0.265 e. The first-order chi connectivity index (χ1) is 9.61. The minimum atomic E-state index is -0.547. The molecule has 1 aliphatic heterocycles. The number of aromatic hydroxyl groups is 1.